The highest BCUT2D eigenvalue weighted by molar-refractivity contribution is 9.10. The number of amides is 1. The molecule has 1 aliphatic rings. The van der Waals surface area contributed by atoms with Crippen LogP contribution in [0.4, 0.5) is 0 Å². The van der Waals surface area contributed by atoms with Crippen LogP contribution in [0.1, 0.15) is 24.5 Å². The Morgan fingerprint density at radius 1 is 1.12 bits per heavy atom. The molecule has 1 amide bonds. The minimum Gasteiger partial charge on any atom is -0.476 e. The summed E-state index contributed by atoms with van der Waals surface area (Å²) in [4.78, 5) is 12.8. The van der Waals surface area contributed by atoms with Crippen LogP contribution < -0.4 is 15.4 Å². The van der Waals surface area contributed by atoms with Crippen LogP contribution in [-0.2, 0) is 4.79 Å². The van der Waals surface area contributed by atoms with E-state index in [-0.39, 0.29) is 24.4 Å². The first-order valence-electron chi connectivity index (χ1n) is 8.20. The van der Waals surface area contributed by atoms with Gasteiger partial charge in [-0.1, -0.05) is 52.3 Å². The zero-order valence-corrected chi connectivity index (χ0v) is 16.2. The maximum absolute atomic E-state index is 12.8. The smallest absolute Gasteiger partial charge is 0.266 e. The Kier molecular flexibility index (Phi) is 7.75. The number of carbonyl (C=O) groups excluding carboxylic acids is 1. The number of rotatable bonds is 5. The minimum absolute atomic E-state index is 0. The second-order valence-corrected chi connectivity index (χ2v) is 6.81. The van der Waals surface area contributed by atoms with Gasteiger partial charge in [0.05, 0.1) is 0 Å². The van der Waals surface area contributed by atoms with Gasteiger partial charge in [-0.2, -0.15) is 0 Å². The zero-order chi connectivity index (χ0) is 16.8. The molecule has 0 saturated carbocycles. The molecule has 0 radical (unpaired) electrons. The van der Waals surface area contributed by atoms with Crippen molar-refractivity contribution in [1.29, 1.82) is 0 Å². The summed E-state index contributed by atoms with van der Waals surface area (Å²) >= 11 is 3.44. The van der Waals surface area contributed by atoms with E-state index in [4.69, 9.17) is 4.74 Å². The molecule has 1 unspecified atom stereocenters. The number of hydrogen-bond acceptors (Lipinski definition) is 3. The van der Waals surface area contributed by atoms with Gasteiger partial charge in [0.1, 0.15) is 5.75 Å². The molecular weight excluding hydrogens is 404 g/mol. The van der Waals surface area contributed by atoms with Crippen molar-refractivity contribution in [2.24, 2.45) is 0 Å². The first kappa shape index (κ1) is 19.8. The Bertz CT molecular complexity index is 678. The summed E-state index contributed by atoms with van der Waals surface area (Å²) in [5.74, 6) is 0.576. The van der Waals surface area contributed by atoms with Crippen LogP contribution in [0.25, 0.3) is 0 Å². The molecule has 1 atom stereocenters. The van der Waals surface area contributed by atoms with Gasteiger partial charge < -0.3 is 15.4 Å². The van der Waals surface area contributed by atoms with Crippen molar-refractivity contribution in [2.45, 2.75) is 25.0 Å². The lowest BCUT2D eigenvalue weighted by Gasteiger charge is -2.26. The summed E-state index contributed by atoms with van der Waals surface area (Å²) in [5.41, 5.74) is 0.851. The third kappa shape index (κ3) is 5.73. The molecule has 134 valence electrons. The summed E-state index contributed by atoms with van der Waals surface area (Å²) in [6.45, 7) is 1.88. The highest BCUT2D eigenvalue weighted by atomic mass is 79.9. The van der Waals surface area contributed by atoms with E-state index < -0.39 is 6.10 Å². The second-order valence-electron chi connectivity index (χ2n) is 5.90. The average Bonchev–Trinajstić information content (AvgIpc) is 2.61. The Hall–Kier alpha value is -1.56. The maximum Gasteiger partial charge on any atom is 0.266 e. The maximum atomic E-state index is 12.8. The molecule has 0 spiro atoms. The number of nitrogens with one attached hydrogen (secondary N) is 2. The van der Waals surface area contributed by atoms with Crippen molar-refractivity contribution in [1.82, 2.24) is 10.6 Å². The molecular formula is C19H22BrClN2O2. The number of benzene rings is 2. The molecule has 2 aromatic rings. The molecule has 2 N–H and O–H groups in total. The monoisotopic (exact) mass is 424 g/mol. The molecule has 1 heterocycles. The van der Waals surface area contributed by atoms with Crippen LogP contribution in [-0.4, -0.2) is 25.0 Å². The summed E-state index contributed by atoms with van der Waals surface area (Å²) in [7, 11) is 0. The lowest BCUT2D eigenvalue weighted by Crippen LogP contribution is -2.45. The highest BCUT2D eigenvalue weighted by Gasteiger charge is 2.25. The first-order valence-corrected chi connectivity index (χ1v) is 9.00. The van der Waals surface area contributed by atoms with Crippen LogP contribution in [0.15, 0.2) is 59.1 Å². The van der Waals surface area contributed by atoms with Gasteiger partial charge in [-0.25, -0.2) is 0 Å². The van der Waals surface area contributed by atoms with Gasteiger partial charge in [0.25, 0.3) is 5.91 Å². The first-order chi connectivity index (χ1) is 11.7. The molecule has 0 aliphatic carbocycles. The van der Waals surface area contributed by atoms with Crippen molar-refractivity contribution in [3.8, 4) is 5.75 Å². The predicted octanol–water partition coefficient (Wildman–Crippen LogP) is 3.86. The molecule has 25 heavy (non-hydrogen) atoms. The third-order valence-electron chi connectivity index (χ3n) is 4.08. The molecule has 1 aliphatic heterocycles. The molecule has 6 heteroatoms. The Labute approximate surface area is 162 Å². The molecule has 1 fully saturated rings. The van der Waals surface area contributed by atoms with Crippen LogP contribution in [0.3, 0.4) is 0 Å². The van der Waals surface area contributed by atoms with Crippen LogP contribution in [0.5, 0.6) is 5.75 Å². The van der Waals surface area contributed by atoms with E-state index in [1.165, 1.54) is 0 Å². The van der Waals surface area contributed by atoms with Gasteiger partial charge in [-0.15, -0.1) is 12.4 Å². The van der Waals surface area contributed by atoms with Crippen molar-refractivity contribution >= 4 is 34.2 Å². The van der Waals surface area contributed by atoms with E-state index >= 15 is 0 Å². The Morgan fingerprint density at radius 3 is 2.52 bits per heavy atom. The van der Waals surface area contributed by atoms with Gasteiger partial charge in [0.2, 0.25) is 6.10 Å². The van der Waals surface area contributed by atoms with Crippen LogP contribution >= 0.6 is 28.3 Å². The van der Waals surface area contributed by atoms with Crippen LogP contribution in [0, 0.1) is 0 Å². The predicted molar refractivity (Wildman–Crippen MR) is 105 cm³/mol. The summed E-state index contributed by atoms with van der Waals surface area (Å²) in [5, 5.41) is 6.44. The van der Waals surface area contributed by atoms with Gasteiger partial charge >= 0.3 is 0 Å². The second kappa shape index (κ2) is 9.80. The molecule has 1 saturated heterocycles. The van der Waals surface area contributed by atoms with E-state index in [1.807, 2.05) is 54.6 Å². The number of hydrogen-bond donors (Lipinski definition) is 2. The van der Waals surface area contributed by atoms with Gasteiger partial charge in [0, 0.05) is 16.1 Å². The van der Waals surface area contributed by atoms with Crippen molar-refractivity contribution < 1.29 is 9.53 Å². The molecule has 0 aromatic heterocycles. The number of halogens is 2. The molecule has 0 bridgehead atoms. The fourth-order valence-corrected chi connectivity index (χ4v) is 3.20. The number of piperidine rings is 1. The summed E-state index contributed by atoms with van der Waals surface area (Å²) in [6.07, 6.45) is 1.24. The van der Waals surface area contributed by atoms with Gasteiger partial charge in [-0.3, -0.25) is 4.79 Å². The van der Waals surface area contributed by atoms with Gasteiger partial charge in [0.15, 0.2) is 0 Å². The van der Waals surface area contributed by atoms with E-state index in [1.54, 1.807) is 0 Å². The largest absolute Gasteiger partial charge is 0.476 e. The van der Waals surface area contributed by atoms with Crippen molar-refractivity contribution in [3.63, 3.8) is 0 Å². The highest BCUT2D eigenvalue weighted by Crippen LogP contribution is 2.25. The molecule has 3 rings (SSSR count). The Balaban J connectivity index is 0.00000225. The SMILES string of the molecule is Cl.O=C(NC1CCNCC1)C(Oc1cccc(Br)c1)c1ccccc1. The molecule has 2 aromatic carbocycles. The Morgan fingerprint density at radius 2 is 1.84 bits per heavy atom. The van der Waals surface area contributed by atoms with Gasteiger partial charge in [-0.05, 0) is 44.1 Å². The normalized spacial score (nSPS) is 15.7. The summed E-state index contributed by atoms with van der Waals surface area (Å²) < 4.78 is 6.95. The average molecular weight is 426 g/mol. The minimum atomic E-state index is -0.657. The fourth-order valence-electron chi connectivity index (χ4n) is 2.82. The third-order valence-corrected chi connectivity index (χ3v) is 4.57. The lowest BCUT2D eigenvalue weighted by atomic mass is 10.0. The fraction of sp³-hybridized carbons (Fsp3) is 0.316. The van der Waals surface area contributed by atoms with E-state index in [0.717, 1.165) is 36.0 Å². The van der Waals surface area contributed by atoms with Crippen molar-refractivity contribution in [2.75, 3.05) is 13.1 Å². The summed E-state index contributed by atoms with van der Waals surface area (Å²) in [6, 6.07) is 17.4. The lowest BCUT2D eigenvalue weighted by molar-refractivity contribution is -0.129. The topological polar surface area (TPSA) is 50.4 Å². The number of ether oxygens (including phenoxy) is 1. The molecule has 4 nitrogen and oxygen atoms in total. The van der Waals surface area contributed by atoms with Crippen molar-refractivity contribution in [3.05, 3.63) is 64.6 Å². The quantitative estimate of drug-likeness (QED) is 0.765. The van der Waals surface area contributed by atoms with E-state index in [0.29, 0.717) is 5.75 Å². The van der Waals surface area contributed by atoms with E-state index in [2.05, 4.69) is 26.6 Å². The van der Waals surface area contributed by atoms with Crippen LogP contribution in [0.2, 0.25) is 0 Å². The van der Waals surface area contributed by atoms with E-state index in [9.17, 15) is 4.79 Å². The standard InChI is InChI=1S/C19H21BrN2O2.ClH/c20-15-7-4-8-17(13-15)24-18(14-5-2-1-3-6-14)19(23)22-16-9-11-21-12-10-16;/h1-8,13,16,18,21H,9-12H2,(H,22,23);1H. The number of carbonyl (C=O) groups is 1. The zero-order valence-electron chi connectivity index (χ0n) is 13.8.